The second-order valence-electron chi connectivity index (χ2n) is 6.01. The van der Waals surface area contributed by atoms with E-state index in [4.69, 9.17) is 21.4 Å². The van der Waals surface area contributed by atoms with Crippen LogP contribution in [0.25, 0.3) is 11.6 Å². The van der Waals surface area contributed by atoms with Crippen LogP contribution >= 0.6 is 11.6 Å². The van der Waals surface area contributed by atoms with Crippen LogP contribution < -0.4 is 4.74 Å². The molecular weight excluding hydrogens is 374 g/mol. The molecule has 0 amide bonds. The number of nitriles is 1. The zero-order chi connectivity index (χ0) is 19.9. The third-order valence-electron chi connectivity index (χ3n) is 4.06. The Morgan fingerprint density at radius 1 is 1.07 bits per heavy atom. The molecule has 0 aliphatic carbocycles. The number of carboxylic acids is 1. The van der Waals surface area contributed by atoms with Gasteiger partial charge in [-0.1, -0.05) is 54.1 Å². The molecule has 28 heavy (non-hydrogen) atoms. The second kappa shape index (κ2) is 8.90. The second-order valence-corrected chi connectivity index (χ2v) is 6.42. The van der Waals surface area contributed by atoms with Crippen LogP contribution in [0.1, 0.15) is 27.0 Å². The monoisotopic (exact) mass is 389 g/mol. The van der Waals surface area contributed by atoms with E-state index in [0.29, 0.717) is 21.9 Å². The van der Waals surface area contributed by atoms with E-state index in [2.05, 4.69) is 6.07 Å². The van der Waals surface area contributed by atoms with Crippen LogP contribution in [0.15, 0.2) is 72.8 Å². The molecule has 0 heterocycles. The molecule has 5 heteroatoms. The van der Waals surface area contributed by atoms with Crippen molar-refractivity contribution in [1.29, 1.82) is 5.26 Å². The quantitative estimate of drug-likeness (QED) is 0.434. The molecule has 4 nitrogen and oxygen atoms in total. The molecule has 138 valence electrons. The van der Waals surface area contributed by atoms with E-state index < -0.39 is 5.97 Å². The smallest absolute Gasteiger partial charge is 0.335 e. The Morgan fingerprint density at radius 2 is 1.82 bits per heavy atom. The van der Waals surface area contributed by atoms with Gasteiger partial charge in [0.2, 0.25) is 0 Å². The summed E-state index contributed by atoms with van der Waals surface area (Å²) in [4.78, 5) is 11.0. The average molecular weight is 390 g/mol. The van der Waals surface area contributed by atoms with Gasteiger partial charge in [-0.15, -0.1) is 0 Å². The van der Waals surface area contributed by atoms with Crippen LogP contribution in [0.5, 0.6) is 5.75 Å². The highest BCUT2D eigenvalue weighted by molar-refractivity contribution is 6.32. The first-order chi connectivity index (χ1) is 13.6. The fraction of sp³-hybridized carbons (Fsp3) is 0.0435. The van der Waals surface area contributed by atoms with E-state index in [1.807, 2.05) is 30.3 Å². The summed E-state index contributed by atoms with van der Waals surface area (Å²) in [6.45, 7) is 0.263. The van der Waals surface area contributed by atoms with Gasteiger partial charge in [-0.2, -0.15) is 5.26 Å². The lowest BCUT2D eigenvalue weighted by Crippen LogP contribution is -2.00. The van der Waals surface area contributed by atoms with Gasteiger partial charge in [0.15, 0.2) is 0 Å². The van der Waals surface area contributed by atoms with E-state index in [1.165, 1.54) is 0 Å². The number of aromatic carboxylic acids is 1. The number of carbonyl (C=O) groups is 1. The summed E-state index contributed by atoms with van der Waals surface area (Å²) in [5, 5.41) is 19.0. The minimum Gasteiger partial charge on any atom is -0.489 e. The zero-order valence-corrected chi connectivity index (χ0v) is 15.6. The summed E-state index contributed by atoms with van der Waals surface area (Å²) in [5.74, 6) is -0.320. The molecule has 0 fully saturated rings. The first kappa shape index (κ1) is 19.2. The van der Waals surface area contributed by atoms with Gasteiger partial charge in [0.05, 0.1) is 17.2 Å². The van der Waals surface area contributed by atoms with Crippen molar-refractivity contribution in [1.82, 2.24) is 0 Å². The van der Waals surface area contributed by atoms with Crippen LogP contribution in [0.2, 0.25) is 5.02 Å². The maximum Gasteiger partial charge on any atom is 0.335 e. The molecule has 0 atom stereocenters. The standard InChI is InChI=1S/C23H16ClNO3/c24-22-7-2-1-6-21(22)19(14-25)12-16-8-10-20(11-9-16)28-15-17-4-3-5-18(13-17)23(26)27/h1-13H,15H2,(H,26,27). The van der Waals surface area contributed by atoms with E-state index >= 15 is 0 Å². The molecule has 3 rings (SSSR count). The van der Waals surface area contributed by atoms with Crippen LogP contribution in [-0.4, -0.2) is 11.1 Å². The van der Waals surface area contributed by atoms with Crippen molar-refractivity contribution in [3.8, 4) is 11.8 Å². The Bertz CT molecular complexity index is 1070. The van der Waals surface area contributed by atoms with Gasteiger partial charge < -0.3 is 9.84 Å². The Balaban J connectivity index is 1.71. The van der Waals surface area contributed by atoms with Gasteiger partial charge in [-0.3, -0.25) is 0 Å². The number of allylic oxidation sites excluding steroid dienone is 1. The van der Waals surface area contributed by atoms with Gasteiger partial charge in [0.25, 0.3) is 0 Å². The third-order valence-corrected chi connectivity index (χ3v) is 4.38. The van der Waals surface area contributed by atoms with Crippen molar-refractivity contribution in [3.05, 3.63) is 100 Å². The third kappa shape index (κ3) is 4.79. The number of carboxylic acid groups (broad SMARTS) is 1. The Hall–Kier alpha value is -3.55. The summed E-state index contributed by atoms with van der Waals surface area (Å²) in [5.41, 5.74) is 3.01. The van der Waals surface area contributed by atoms with Crippen molar-refractivity contribution >= 4 is 29.2 Å². The number of benzene rings is 3. The number of hydrogen-bond donors (Lipinski definition) is 1. The van der Waals surface area contributed by atoms with Crippen molar-refractivity contribution in [3.63, 3.8) is 0 Å². The van der Waals surface area contributed by atoms with Gasteiger partial charge in [-0.25, -0.2) is 4.79 Å². The predicted molar refractivity (Wildman–Crippen MR) is 109 cm³/mol. The Morgan fingerprint density at radius 3 is 2.50 bits per heavy atom. The number of rotatable bonds is 6. The van der Waals surface area contributed by atoms with Crippen molar-refractivity contribution in [2.24, 2.45) is 0 Å². The number of ether oxygens (including phenoxy) is 1. The molecule has 3 aromatic carbocycles. The fourth-order valence-corrected chi connectivity index (χ4v) is 2.88. The highest BCUT2D eigenvalue weighted by Gasteiger charge is 2.06. The molecule has 3 aromatic rings. The molecule has 0 saturated heterocycles. The molecule has 0 aliphatic heterocycles. The molecular formula is C23H16ClNO3. The zero-order valence-electron chi connectivity index (χ0n) is 14.8. The highest BCUT2D eigenvalue weighted by Crippen LogP contribution is 2.25. The normalized spacial score (nSPS) is 10.9. The number of nitrogens with zero attached hydrogens (tertiary/aromatic N) is 1. The van der Waals surface area contributed by atoms with Crippen LogP contribution in [0.3, 0.4) is 0 Å². The van der Waals surface area contributed by atoms with E-state index in [1.54, 1.807) is 48.5 Å². The molecule has 0 aliphatic rings. The minimum atomic E-state index is -0.968. The number of hydrogen-bond acceptors (Lipinski definition) is 3. The van der Waals surface area contributed by atoms with Crippen molar-refractivity contribution in [2.45, 2.75) is 6.61 Å². The predicted octanol–water partition coefficient (Wildman–Crippen LogP) is 5.68. The maximum absolute atomic E-state index is 11.0. The molecule has 0 bridgehead atoms. The van der Waals surface area contributed by atoms with Gasteiger partial charge in [-0.05, 0) is 47.5 Å². The molecule has 0 spiro atoms. The Labute approximate surface area is 167 Å². The number of halogens is 1. The Kier molecular flexibility index (Phi) is 6.11. The summed E-state index contributed by atoms with van der Waals surface area (Å²) < 4.78 is 5.72. The van der Waals surface area contributed by atoms with Crippen LogP contribution in [0.4, 0.5) is 0 Å². The molecule has 0 aromatic heterocycles. The fourth-order valence-electron chi connectivity index (χ4n) is 2.64. The highest BCUT2D eigenvalue weighted by atomic mass is 35.5. The summed E-state index contributed by atoms with van der Waals surface area (Å²) in [6, 6.07) is 23.3. The van der Waals surface area contributed by atoms with Gasteiger partial charge in [0, 0.05) is 10.6 Å². The average Bonchev–Trinajstić information content (AvgIpc) is 2.72. The van der Waals surface area contributed by atoms with Crippen molar-refractivity contribution in [2.75, 3.05) is 0 Å². The summed E-state index contributed by atoms with van der Waals surface area (Å²) >= 11 is 6.17. The van der Waals surface area contributed by atoms with Gasteiger partial charge in [0.1, 0.15) is 12.4 Å². The van der Waals surface area contributed by atoms with E-state index in [9.17, 15) is 10.1 Å². The summed E-state index contributed by atoms with van der Waals surface area (Å²) in [6.07, 6.45) is 1.77. The maximum atomic E-state index is 11.0. The van der Waals surface area contributed by atoms with E-state index in [0.717, 1.165) is 11.1 Å². The molecule has 0 unspecified atom stereocenters. The SMILES string of the molecule is N#CC(=Cc1ccc(OCc2cccc(C(=O)O)c2)cc1)c1ccccc1Cl. The topological polar surface area (TPSA) is 70.3 Å². The molecule has 1 N–H and O–H groups in total. The molecule has 0 saturated carbocycles. The summed E-state index contributed by atoms with van der Waals surface area (Å²) in [7, 11) is 0. The molecule has 0 radical (unpaired) electrons. The van der Waals surface area contributed by atoms with E-state index in [-0.39, 0.29) is 12.2 Å². The first-order valence-electron chi connectivity index (χ1n) is 8.48. The van der Waals surface area contributed by atoms with Crippen molar-refractivity contribution < 1.29 is 14.6 Å². The largest absolute Gasteiger partial charge is 0.489 e. The minimum absolute atomic E-state index is 0.227. The van der Waals surface area contributed by atoms with Crippen LogP contribution in [-0.2, 0) is 6.61 Å². The lowest BCUT2D eigenvalue weighted by atomic mass is 10.0. The van der Waals surface area contributed by atoms with Crippen LogP contribution in [0, 0.1) is 11.3 Å². The van der Waals surface area contributed by atoms with Gasteiger partial charge >= 0.3 is 5.97 Å². The first-order valence-corrected chi connectivity index (χ1v) is 8.86. The lowest BCUT2D eigenvalue weighted by Gasteiger charge is -2.08. The lowest BCUT2D eigenvalue weighted by molar-refractivity contribution is 0.0696.